The molecular formula is C18H22F3N3O3. The summed E-state index contributed by atoms with van der Waals surface area (Å²) in [6.45, 7) is 1.59. The summed E-state index contributed by atoms with van der Waals surface area (Å²) in [7, 11) is 3.34. The lowest BCUT2D eigenvalue weighted by Gasteiger charge is -2.40. The molecule has 9 heteroatoms. The zero-order valence-electron chi connectivity index (χ0n) is 15.2. The Bertz CT molecular complexity index is 725. The van der Waals surface area contributed by atoms with Crippen molar-refractivity contribution in [2.75, 3.05) is 33.7 Å². The van der Waals surface area contributed by atoms with Gasteiger partial charge in [0.15, 0.2) is 0 Å². The Kier molecular flexibility index (Phi) is 5.32. The zero-order chi connectivity index (χ0) is 19.8. The summed E-state index contributed by atoms with van der Waals surface area (Å²) in [5.74, 6) is -0.749. The van der Waals surface area contributed by atoms with Crippen LogP contribution >= 0.6 is 0 Å². The summed E-state index contributed by atoms with van der Waals surface area (Å²) >= 11 is 0. The Morgan fingerprint density at radius 1 is 1.22 bits per heavy atom. The van der Waals surface area contributed by atoms with Crippen molar-refractivity contribution in [3.05, 3.63) is 29.8 Å². The molecular weight excluding hydrogens is 363 g/mol. The van der Waals surface area contributed by atoms with Crippen LogP contribution in [0.25, 0.3) is 0 Å². The topological polar surface area (TPSA) is 53.1 Å². The molecule has 0 aliphatic carbocycles. The largest absolute Gasteiger partial charge is 0.573 e. The van der Waals surface area contributed by atoms with Crippen molar-refractivity contribution < 1.29 is 27.5 Å². The van der Waals surface area contributed by atoms with Gasteiger partial charge in [-0.3, -0.25) is 14.5 Å². The quantitative estimate of drug-likeness (QED) is 0.795. The van der Waals surface area contributed by atoms with E-state index in [0.29, 0.717) is 31.6 Å². The molecule has 2 fully saturated rings. The van der Waals surface area contributed by atoms with E-state index < -0.39 is 6.36 Å². The first-order valence-electron chi connectivity index (χ1n) is 8.72. The predicted octanol–water partition coefficient (Wildman–Crippen LogP) is 1.71. The van der Waals surface area contributed by atoms with Gasteiger partial charge in [-0.2, -0.15) is 0 Å². The number of amides is 2. The Hall–Kier alpha value is -2.29. The molecule has 0 unspecified atom stereocenters. The van der Waals surface area contributed by atoms with E-state index in [0.717, 1.165) is 0 Å². The fraction of sp³-hybridized carbons (Fsp3) is 0.556. The molecule has 2 aliphatic heterocycles. The van der Waals surface area contributed by atoms with Crippen LogP contribution in [0.15, 0.2) is 24.3 Å². The second kappa shape index (κ2) is 7.38. The molecule has 6 nitrogen and oxygen atoms in total. The molecule has 0 aromatic heterocycles. The molecule has 0 spiro atoms. The summed E-state index contributed by atoms with van der Waals surface area (Å²) < 4.78 is 41.2. The van der Waals surface area contributed by atoms with Gasteiger partial charge in [0, 0.05) is 39.8 Å². The second-order valence-electron chi connectivity index (χ2n) is 7.09. The molecule has 0 radical (unpaired) electrons. The minimum atomic E-state index is -4.73. The van der Waals surface area contributed by atoms with Gasteiger partial charge in [-0.1, -0.05) is 12.1 Å². The number of halogens is 3. The average molecular weight is 385 g/mol. The zero-order valence-corrected chi connectivity index (χ0v) is 15.2. The van der Waals surface area contributed by atoms with E-state index in [1.807, 2.05) is 4.90 Å². The molecule has 2 saturated heterocycles. The molecule has 0 N–H and O–H groups in total. The maximum Gasteiger partial charge on any atom is 0.573 e. The van der Waals surface area contributed by atoms with Crippen molar-refractivity contribution in [2.24, 2.45) is 5.92 Å². The average Bonchev–Trinajstić information content (AvgIpc) is 2.65. The third kappa shape index (κ3) is 4.52. The molecule has 0 saturated carbocycles. The number of ether oxygens (including phenoxy) is 1. The van der Waals surface area contributed by atoms with E-state index in [9.17, 15) is 22.8 Å². The number of alkyl halides is 3. The lowest BCUT2D eigenvalue weighted by molar-refractivity contribution is -0.274. The van der Waals surface area contributed by atoms with Crippen LogP contribution in [-0.4, -0.2) is 72.6 Å². The summed E-state index contributed by atoms with van der Waals surface area (Å²) in [6, 6.07) is 5.71. The lowest BCUT2D eigenvalue weighted by atomic mass is 9.90. The standard InChI is InChI=1S/C18H22F3N3O3/c1-22-11-16(25)23(2)15-6-7-24(10-14(15)17(22)26)9-12-4-3-5-13(8-12)27-18(19,20)21/h3-5,8,14-15H,6-7,9-11H2,1-2H3/t14-,15+/m0/s1. The van der Waals surface area contributed by atoms with Gasteiger partial charge in [0.1, 0.15) is 5.75 Å². The van der Waals surface area contributed by atoms with Crippen LogP contribution in [-0.2, 0) is 16.1 Å². The molecule has 0 bridgehead atoms. The normalized spacial score (nSPS) is 24.6. The van der Waals surface area contributed by atoms with Crippen molar-refractivity contribution in [1.29, 1.82) is 0 Å². The number of likely N-dealkylation sites (N-methyl/N-ethyl adjacent to an activating group) is 2. The first kappa shape index (κ1) is 19.5. The molecule has 3 rings (SSSR count). The van der Waals surface area contributed by atoms with E-state index in [1.54, 1.807) is 25.1 Å². The number of rotatable bonds is 3. The van der Waals surface area contributed by atoms with Gasteiger partial charge >= 0.3 is 6.36 Å². The van der Waals surface area contributed by atoms with E-state index in [2.05, 4.69) is 4.74 Å². The fourth-order valence-corrected chi connectivity index (χ4v) is 3.82. The van der Waals surface area contributed by atoms with Crippen LogP contribution in [0.3, 0.4) is 0 Å². The van der Waals surface area contributed by atoms with Gasteiger partial charge in [0.2, 0.25) is 11.8 Å². The van der Waals surface area contributed by atoms with Crippen LogP contribution in [0.1, 0.15) is 12.0 Å². The molecule has 2 aliphatic rings. The van der Waals surface area contributed by atoms with E-state index in [4.69, 9.17) is 0 Å². The molecule has 1 aromatic carbocycles. The lowest BCUT2D eigenvalue weighted by Crippen LogP contribution is -2.52. The minimum absolute atomic E-state index is 0.0686. The first-order valence-corrected chi connectivity index (χ1v) is 8.72. The van der Waals surface area contributed by atoms with E-state index in [-0.39, 0.29) is 36.1 Å². The summed E-state index contributed by atoms with van der Waals surface area (Å²) in [5.41, 5.74) is 0.675. The summed E-state index contributed by atoms with van der Waals surface area (Å²) in [4.78, 5) is 30.0. The highest BCUT2D eigenvalue weighted by atomic mass is 19.4. The number of hydrogen-bond acceptors (Lipinski definition) is 4. The number of piperidine rings is 1. The van der Waals surface area contributed by atoms with Gasteiger partial charge in [0.05, 0.1) is 12.5 Å². The van der Waals surface area contributed by atoms with Crippen molar-refractivity contribution >= 4 is 11.8 Å². The summed E-state index contributed by atoms with van der Waals surface area (Å²) in [6.07, 6.45) is -4.09. The Morgan fingerprint density at radius 2 is 1.96 bits per heavy atom. The molecule has 2 amide bonds. The third-order valence-corrected chi connectivity index (χ3v) is 5.16. The number of fused-ring (bicyclic) bond motifs is 1. The van der Waals surface area contributed by atoms with Gasteiger partial charge in [0.25, 0.3) is 0 Å². The van der Waals surface area contributed by atoms with Crippen molar-refractivity contribution in [3.63, 3.8) is 0 Å². The summed E-state index contributed by atoms with van der Waals surface area (Å²) in [5, 5.41) is 0. The molecule has 2 heterocycles. The highest BCUT2D eigenvalue weighted by molar-refractivity contribution is 5.89. The smallest absolute Gasteiger partial charge is 0.406 e. The predicted molar refractivity (Wildman–Crippen MR) is 90.7 cm³/mol. The number of nitrogens with zero attached hydrogens (tertiary/aromatic N) is 3. The van der Waals surface area contributed by atoms with Gasteiger partial charge in [-0.15, -0.1) is 13.2 Å². The third-order valence-electron chi connectivity index (χ3n) is 5.16. The van der Waals surface area contributed by atoms with Crippen molar-refractivity contribution in [3.8, 4) is 5.75 Å². The van der Waals surface area contributed by atoms with Crippen LogP contribution in [0, 0.1) is 5.92 Å². The monoisotopic (exact) mass is 385 g/mol. The van der Waals surface area contributed by atoms with E-state index >= 15 is 0 Å². The SMILES string of the molecule is CN1CC(=O)N(C)[C@@H]2CCN(Cc3cccc(OC(F)(F)F)c3)C[C@@H]2C1=O. The second-order valence-corrected chi connectivity index (χ2v) is 7.09. The number of carbonyl (C=O) groups is 2. The number of likely N-dealkylation sites (tertiary alicyclic amines) is 1. The molecule has 2 atom stereocenters. The maximum absolute atomic E-state index is 12.7. The number of benzene rings is 1. The fourth-order valence-electron chi connectivity index (χ4n) is 3.82. The molecule has 148 valence electrons. The Balaban J connectivity index is 1.71. The van der Waals surface area contributed by atoms with Gasteiger partial charge < -0.3 is 14.5 Å². The number of hydrogen-bond donors (Lipinski definition) is 0. The molecule has 1 aromatic rings. The Morgan fingerprint density at radius 3 is 2.67 bits per heavy atom. The van der Waals surface area contributed by atoms with Crippen LogP contribution < -0.4 is 4.74 Å². The van der Waals surface area contributed by atoms with Crippen molar-refractivity contribution in [1.82, 2.24) is 14.7 Å². The first-order chi connectivity index (χ1) is 12.6. The maximum atomic E-state index is 12.7. The van der Waals surface area contributed by atoms with Crippen molar-refractivity contribution in [2.45, 2.75) is 25.4 Å². The molecule has 27 heavy (non-hydrogen) atoms. The highest BCUT2D eigenvalue weighted by Gasteiger charge is 2.42. The highest BCUT2D eigenvalue weighted by Crippen LogP contribution is 2.28. The van der Waals surface area contributed by atoms with E-state index in [1.165, 1.54) is 23.1 Å². The number of carbonyl (C=O) groups excluding carboxylic acids is 2. The van der Waals surface area contributed by atoms with Gasteiger partial charge in [-0.25, -0.2) is 0 Å². The van der Waals surface area contributed by atoms with Crippen LogP contribution in [0.2, 0.25) is 0 Å². The van der Waals surface area contributed by atoms with Crippen LogP contribution in [0.4, 0.5) is 13.2 Å². The minimum Gasteiger partial charge on any atom is -0.406 e. The van der Waals surface area contributed by atoms with Crippen LogP contribution in [0.5, 0.6) is 5.75 Å². The van der Waals surface area contributed by atoms with Gasteiger partial charge in [-0.05, 0) is 24.1 Å². The Labute approximate surface area is 155 Å².